The van der Waals surface area contributed by atoms with Gasteiger partial charge in [0.15, 0.2) is 5.69 Å². The third kappa shape index (κ3) is 8.09. The molecular weight excluding hydrogens is 621 g/mol. The lowest BCUT2D eigenvalue weighted by Gasteiger charge is -2.15. The van der Waals surface area contributed by atoms with Crippen molar-refractivity contribution in [2.75, 3.05) is 13.1 Å². The SMILES string of the molecule is Cc1ccc(-c2cc(C(F)(F)F)nn2-c2ccc(S(=O)(=O)NC(=O)C3CCN([N+]([O-])=NOC(C)OC(=O)C(C)C)C3)cc2)cc1. The number of hydrogen-bond acceptors (Lipinski definition) is 9. The lowest BCUT2D eigenvalue weighted by molar-refractivity contribution is -0.709. The van der Waals surface area contributed by atoms with Gasteiger partial charge in [-0.2, -0.15) is 18.3 Å². The first-order valence-electron chi connectivity index (χ1n) is 13.8. The molecule has 2 heterocycles. The summed E-state index contributed by atoms with van der Waals surface area (Å²) < 4.78 is 74.4. The van der Waals surface area contributed by atoms with Gasteiger partial charge in [-0.25, -0.2) is 17.8 Å². The number of hydrogen-bond donors (Lipinski definition) is 1. The number of aromatic nitrogens is 2. The first kappa shape index (κ1) is 33.2. The largest absolute Gasteiger partial charge is 0.569 e. The molecule has 242 valence electrons. The Bertz CT molecular complexity index is 1670. The lowest BCUT2D eigenvalue weighted by atomic mass is 10.1. The smallest absolute Gasteiger partial charge is 0.435 e. The van der Waals surface area contributed by atoms with E-state index in [0.717, 1.165) is 33.5 Å². The van der Waals surface area contributed by atoms with E-state index in [4.69, 9.17) is 9.57 Å². The molecule has 4 rings (SSSR count). The molecule has 3 aromatic rings. The van der Waals surface area contributed by atoms with Crippen LogP contribution in [0.1, 0.15) is 38.4 Å². The van der Waals surface area contributed by atoms with Crippen LogP contribution >= 0.6 is 0 Å². The van der Waals surface area contributed by atoms with E-state index in [1.54, 1.807) is 38.1 Å². The number of amides is 1. The molecule has 1 fully saturated rings. The van der Waals surface area contributed by atoms with Crippen LogP contribution in [0.25, 0.3) is 16.9 Å². The Morgan fingerprint density at radius 1 is 1.11 bits per heavy atom. The van der Waals surface area contributed by atoms with Crippen molar-refractivity contribution >= 4 is 21.9 Å². The molecule has 0 spiro atoms. The molecule has 1 N–H and O–H groups in total. The highest BCUT2D eigenvalue weighted by atomic mass is 32.2. The van der Waals surface area contributed by atoms with Crippen molar-refractivity contribution in [3.8, 4) is 16.9 Å². The summed E-state index contributed by atoms with van der Waals surface area (Å²) in [5.74, 6) is -2.71. The zero-order chi connectivity index (χ0) is 33.1. The van der Waals surface area contributed by atoms with E-state index in [-0.39, 0.29) is 40.8 Å². The highest BCUT2D eigenvalue weighted by molar-refractivity contribution is 7.90. The summed E-state index contributed by atoms with van der Waals surface area (Å²) >= 11 is 0. The van der Waals surface area contributed by atoms with Crippen LogP contribution in [0.2, 0.25) is 0 Å². The van der Waals surface area contributed by atoms with Crippen LogP contribution < -0.4 is 4.72 Å². The normalized spacial score (nSPS) is 16.5. The quantitative estimate of drug-likeness (QED) is 0.111. The summed E-state index contributed by atoms with van der Waals surface area (Å²) in [5, 5.41) is 20.4. The average molecular weight is 653 g/mol. The maximum absolute atomic E-state index is 13.5. The molecule has 2 unspecified atom stereocenters. The number of hydrazine groups is 1. The number of sulfonamides is 1. The summed E-state index contributed by atoms with van der Waals surface area (Å²) in [4.78, 5) is 29.0. The van der Waals surface area contributed by atoms with Gasteiger partial charge in [-0.05, 0) is 43.7 Å². The minimum atomic E-state index is -4.71. The van der Waals surface area contributed by atoms with Crippen LogP contribution in [-0.4, -0.2) is 59.4 Å². The number of esters is 1. The fraction of sp³-hybridized carbons (Fsp3) is 0.393. The van der Waals surface area contributed by atoms with E-state index in [9.17, 15) is 36.4 Å². The van der Waals surface area contributed by atoms with E-state index in [1.165, 1.54) is 19.1 Å². The van der Waals surface area contributed by atoms with Crippen molar-refractivity contribution in [3.05, 3.63) is 71.1 Å². The molecule has 1 saturated heterocycles. The molecule has 17 heteroatoms. The summed E-state index contributed by atoms with van der Waals surface area (Å²) in [7, 11) is -4.37. The van der Waals surface area contributed by atoms with Crippen LogP contribution in [0, 0.1) is 24.0 Å². The topological polar surface area (TPSA) is 158 Å². The van der Waals surface area contributed by atoms with Crippen molar-refractivity contribution in [1.29, 1.82) is 0 Å². The molecule has 1 aliphatic rings. The lowest BCUT2D eigenvalue weighted by Crippen LogP contribution is -2.37. The van der Waals surface area contributed by atoms with E-state index >= 15 is 0 Å². The molecule has 0 radical (unpaired) electrons. The van der Waals surface area contributed by atoms with Gasteiger partial charge in [0.25, 0.3) is 16.3 Å². The monoisotopic (exact) mass is 652 g/mol. The molecule has 1 aromatic heterocycles. The van der Waals surface area contributed by atoms with Crippen LogP contribution in [0.5, 0.6) is 0 Å². The molecule has 1 amide bonds. The standard InChI is InChI=1S/C28H31F3N6O7S/c1-17(2)27(39)43-19(4)44-34-37(40)35-14-13-21(16-35)26(38)33-45(41,42)23-11-9-22(10-12-23)36-24(15-25(32-36)28(29,30)31)20-7-5-18(3)6-8-20/h5-12,15,17,19,21H,13-14,16H2,1-4H3,(H,33,38). The van der Waals surface area contributed by atoms with Crippen molar-refractivity contribution in [3.63, 3.8) is 0 Å². The number of nitrogens with one attached hydrogen (secondary N) is 1. The number of nitrogens with zero attached hydrogens (tertiary/aromatic N) is 5. The number of ether oxygens (including phenoxy) is 1. The summed E-state index contributed by atoms with van der Waals surface area (Å²) in [5.41, 5.74) is 0.569. The van der Waals surface area contributed by atoms with Gasteiger partial charge < -0.3 is 9.94 Å². The fourth-order valence-corrected chi connectivity index (χ4v) is 5.32. The maximum Gasteiger partial charge on any atom is 0.435 e. The predicted molar refractivity (Wildman–Crippen MR) is 151 cm³/mol. The van der Waals surface area contributed by atoms with Crippen LogP contribution in [-0.2, 0) is 35.4 Å². The molecule has 1 aliphatic heterocycles. The van der Waals surface area contributed by atoms with Crippen molar-refractivity contribution < 1.29 is 45.7 Å². The van der Waals surface area contributed by atoms with Gasteiger partial charge in [0, 0.05) is 12.5 Å². The number of halogens is 3. The zero-order valence-corrected chi connectivity index (χ0v) is 25.5. The third-order valence-corrected chi connectivity index (χ3v) is 8.13. The first-order chi connectivity index (χ1) is 21.0. The number of alkyl halides is 3. The zero-order valence-electron chi connectivity index (χ0n) is 24.7. The van der Waals surface area contributed by atoms with Gasteiger partial charge in [0.05, 0.1) is 46.2 Å². The Morgan fingerprint density at radius 3 is 2.36 bits per heavy atom. The Labute approximate surface area is 256 Å². The van der Waals surface area contributed by atoms with Gasteiger partial charge in [0.2, 0.25) is 11.2 Å². The number of aryl methyl sites for hydroxylation is 1. The van der Waals surface area contributed by atoms with Gasteiger partial charge >= 0.3 is 12.1 Å². The van der Waals surface area contributed by atoms with E-state index in [0.29, 0.717) is 5.56 Å². The molecular formula is C28H31F3N6O7S. The second-order valence-electron chi connectivity index (χ2n) is 10.7. The third-order valence-electron chi connectivity index (χ3n) is 6.77. The summed E-state index contributed by atoms with van der Waals surface area (Å²) in [6, 6.07) is 12.5. The van der Waals surface area contributed by atoms with Gasteiger partial charge in [0.1, 0.15) is 0 Å². The van der Waals surface area contributed by atoms with Crippen LogP contribution in [0.15, 0.2) is 64.8 Å². The highest BCUT2D eigenvalue weighted by Crippen LogP contribution is 2.33. The molecule has 45 heavy (non-hydrogen) atoms. The number of benzene rings is 2. The van der Waals surface area contributed by atoms with Gasteiger partial charge in [-0.15, -0.1) is 5.01 Å². The van der Waals surface area contributed by atoms with Crippen LogP contribution in [0.4, 0.5) is 13.2 Å². The fourth-order valence-electron chi connectivity index (χ4n) is 4.28. The van der Waals surface area contributed by atoms with Gasteiger partial charge in [-0.1, -0.05) is 43.7 Å². The predicted octanol–water partition coefficient (Wildman–Crippen LogP) is 4.35. The molecule has 13 nitrogen and oxygen atoms in total. The van der Waals surface area contributed by atoms with Crippen LogP contribution in [0.3, 0.4) is 0 Å². The Hall–Kier alpha value is -4.67. The minimum Gasteiger partial charge on any atom is -0.569 e. The van der Waals surface area contributed by atoms with Gasteiger partial charge in [-0.3, -0.25) is 14.4 Å². The second kappa shape index (κ2) is 13.1. The maximum atomic E-state index is 13.5. The Morgan fingerprint density at radius 2 is 1.76 bits per heavy atom. The Balaban J connectivity index is 1.43. The number of carbonyl (C=O) groups excluding carboxylic acids is 2. The summed E-state index contributed by atoms with van der Waals surface area (Å²) in [6.07, 6.45) is -5.71. The van der Waals surface area contributed by atoms with E-state index < -0.39 is 51.9 Å². The molecule has 2 atom stereocenters. The second-order valence-corrected chi connectivity index (χ2v) is 12.3. The average Bonchev–Trinajstić information content (AvgIpc) is 3.65. The van der Waals surface area contributed by atoms with Crippen molar-refractivity contribution in [2.45, 2.75) is 51.5 Å². The Kier molecular flexibility index (Phi) is 9.70. The summed E-state index contributed by atoms with van der Waals surface area (Å²) in [6.45, 7) is 6.35. The molecule has 2 aromatic carbocycles. The minimum absolute atomic E-state index is 0.0659. The first-order valence-corrected chi connectivity index (χ1v) is 15.2. The molecule has 0 saturated carbocycles. The highest BCUT2D eigenvalue weighted by Gasteiger charge is 2.36. The van der Waals surface area contributed by atoms with E-state index in [1.807, 2.05) is 11.6 Å². The number of rotatable bonds is 10. The number of carbonyl (C=O) groups is 2. The molecule has 0 aliphatic carbocycles. The van der Waals surface area contributed by atoms with Crippen molar-refractivity contribution in [1.82, 2.24) is 19.5 Å². The molecule has 0 bridgehead atoms. The van der Waals surface area contributed by atoms with Crippen molar-refractivity contribution in [2.24, 2.45) is 17.1 Å². The van der Waals surface area contributed by atoms with E-state index in [2.05, 4.69) is 10.4 Å².